The molecule has 4 aromatic rings. The number of aliphatic hydroxyl groups excluding tert-OH is 1. The third-order valence-corrected chi connectivity index (χ3v) is 5.72. The molecule has 1 aromatic heterocycles. The van der Waals surface area contributed by atoms with Crippen molar-refractivity contribution in [3.63, 3.8) is 0 Å². The Bertz CT molecular complexity index is 1120. The Morgan fingerprint density at radius 3 is 2.55 bits per heavy atom. The van der Waals surface area contributed by atoms with Crippen LogP contribution < -0.4 is 15.1 Å². The lowest BCUT2D eigenvalue weighted by Gasteiger charge is -2.24. The van der Waals surface area contributed by atoms with Gasteiger partial charge in [0.25, 0.3) is 0 Å². The number of hydrogen-bond acceptors (Lipinski definition) is 3. The van der Waals surface area contributed by atoms with Crippen molar-refractivity contribution < 1.29 is 9.84 Å². The summed E-state index contributed by atoms with van der Waals surface area (Å²) in [5, 5.41) is 13.1. The fraction of sp³-hybridized carbons (Fsp3) is 0.217. The average Bonchev–Trinajstić information content (AvgIpc) is 3.00. The summed E-state index contributed by atoms with van der Waals surface area (Å²) in [4.78, 5) is 2.04. The molecular formula is C23H22BBrN2O2. The molecule has 1 atom stereocenters. The summed E-state index contributed by atoms with van der Waals surface area (Å²) in [6.07, 6.45) is -0.550. The van der Waals surface area contributed by atoms with Crippen molar-refractivity contribution in [2.45, 2.75) is 12.6 Å². The van der Waals surface area contributed by atoms with Crippen LogP contribution in [-0.2, 0) is 6.54 Å². The summed E-state index contributed by atoms with van der Waals surface area (Å²) in [5.74, 6) is 0.800. The first kappa shape index (κ1) is 19.9. The van der Waals surface area contributed by atoms with Crippen molar-refractivity contribution in [3.05, 3.63) is 65.1 Å². The topological polar surface area (TPSA) is 37.6 Å². The number of nitrogens with zero attached hydrogens (tertiary/aromatic N) is 2. The second-order valence-corrected chi connectivity index (χ2v) is 8.20. The maximum Gasteiger partial charge on any atom is 0.120 e. The van der Waals surface area contributed by atoms with Crippen molar-refractivity contribution in [2.75, 3.05) is 25.6 Å². The minimum Gasteiger partial charge on any atom is -0.497 e. The molecule has 0 aliphatic carbocycles. The Balaban J connectivity index is 1.64. The third kappa shape index (κ3) is 4.00. The molecule has 4 rings (SSSR count). The number of ether oxygens (including phenoxy) is 1. The maximum atomic E-state index is 10.9. The van der Waals surface area contributed by atoms with E-state index >= 15 is 0 Å². The monoisotopic (exact) mass is 448 g/mol. The van der Waals surface area contributed by atoms with Gasteiger partial charge < -0.3 is 19.3 Å². The van der Waals surface area contributed by atoms with Crippen LogP contribution in [0, 0.1) is 0 Å². The van der Waals surface area contributed by atoms with E-state index in [0.717, 1.165) is 43.2 Å². The predicted molar refractivity (Wildman–Crippen MR) is 125 cm³/mol. The molecule has 0 amide bonds. The molecule has 1 unspecified atom stereocenters. The SMILES string of the molecule is [B]c1ccc2c(c1)c1cc(Br)ccc1n2CC(O)CN(C)c1cccc(OC)c1. The van der Waals surface area contributed by atoms with E-state index in [4.69, 9.17) is 12.6 Å². The molecule has 0 aliphatic heterocycles. The Labute approximate surface area is 180 Å². The van der Waals surface area contributed by atoms with Gasteiger partial charge in [0.05, 0.1) is 19.8 Å². The van der Waals surface area contributed by atoms with Crippen molar-refractivity contribution in [1.29, 1.82) is 0 Å². The molecule has 0 fully saturated rings. The van der Waals surface area contributed by atoms with Crippen molar-refractivity contribution >= 4 is 56.7 Å². The van der Waals surface area contributed by atoms with Crippen LogP contribution in [0.2, 0.25) is 0 Å². The van der Waals surface area contributed by atoms with Crippen LogP contribution in [0.1, 0.15) is 0 Å². The Morgan fingerprint density at radius 1 is 1.07 bits per heavy atom. The van der Waals surface area contributed by atoms with E-state index in [1.54, 1.807) is 7.11 Å². The maximum absolute atomic E-state index is 10.9. The van der Waals surface area contributed by atoms with Gasteiger partial charge in [-0.15, -0.1) is 0 Å². The standard InChI is InChI=1S/C23H22BBrN2O2/c1-26(17-4-3-5-19(12-17)29-2)13-18(28)14-27-22-8-6-15(24)10-20(22)21-11-16(25)7-9-23(21)27/h3-12,18,28H,13-14H2,1-2H3. The van der Waals surface area contributed by atoms with Gasteiger partial charge in [-0.3, -0.25) is 0 Å². The number of aliphatic hydroxyl groups is 1. The highest BCUT2D eigenvalue weighted by molar-refractivity contribution is 9.10. The van der Waals surface area contributed by atoms with Crippen LogP contribution in [0.25, 0.3) is 21.8 Å². The molecule has 3 aromatic carbocycles. The molecule has 4 nitrogen and oxygen atoms in total. The molecule has 6 heteroatoms. The zero-order chi connectivity index (χ0) is 20.5. The highest BCUT2D eigenvalue weighted by Gasteiger charge is 2.16. The van der Waals surface area contributed by atoms with Gasteiger partial charge in [0.15, 0.2) is 0 Å². The van der Waals surface area contributed by atoms with Gasteiger partial charge >= 0.3 is 0 Å². The Hall–Kier alpha value is -2.44. The highest BCUT2D eigenvalue weighted by Crippen LogP contribution is 2.31. The van der Waals surface area contributed by atoms with E-state index in [1.165, 1.54) is 0 Å². The summed E-state index contributed by atoms with van der Waals surface area (Å²) in [5.41, 5.74) is 3.88. The Kier molecular flexibility index (Phi) is 5.57. The van der Waals surface area contributed by atoms with Gasteiger partial charge in [-0.25, -0.2) is 0 Å². The molecule has 1 N–H and O–H groups in total. The van der Waals surface area contributed by atoms with Gasteiger partial charge in [-0.1, -0.05) is 39.6 Å². The molecule has 0 saturated heterocycles. The number of hydrogen-bond donors (Lipinski definition) is 1. The fourth-order valence-electron chi connectivity index (χ4n) is 3.83. The van der Waals surface area contributed by atoms with E-state index in [0.29, 0.717) is 13.1 Å². The van der Waals surface area contributed by atoms with Gasteiger partial charge in [-0.05, 0) is 36.4 Å². The number of fused-ring (bicyclic) bond motifs is 3. The number of benzene rings is 3. The number of likely N-dealkylation sites (N-methyl/N-ethyl adjacent to an activating group) is 1. The highest BCUT2D eigenvalue weighted by atomic mass is 79.9. The first-order valence-electron chi connectivity index (χ1n) is 9.46. The zero-order valence-electron chi connectivity index (χ0n) is 16.5. The second kappa shape index (κ2) is 8.13. The number of halogens is 1. The molecule has 0 aliphatic rings. The lowest BCUT2D eigenvalue weighted by atomic mass is 9.94. The normalized spacial score (nSPS) is 12.4. The fourth-order valence-corrected chi connectivity index (χ4v) is 4.19. The van der Waals surface area contributed by atoms with Crippen molar-refractivity contribution in [1.82, 2.24) is 4.57 Å². The summed E-state index contributed by atoms with van der Waals surface area (Å²) < 4.78 is 8.49. The molecule has 0 spiro atoms. The molecule has 29 heavy (non-hydrogen) atoms. The predicted octanol–water partition coefficient (Wildman–Crippen LogP) is 3.86. The van der Waals surface area contributed by atoms with Crippen LogP contribution in [-0.4, -0.2) is 44.3 Å². The molecule has 0 bridgehead atoms. The van der Waals surface area contributed by atoms with Gasteiger partial charge in [0, 0.05) is 51.6 Å². The second-order valence-electron chi connectivity index (χ2n) is 7.28. The first-order chi connectivity index (χ1) is 14.0. The zero-order valence-corrected chi connectivity index (χ0v) is 18.1. The van der Waals surface area contributed by atoms with Crippen LogP contribution in [0.3, 0.4) is 0 Å². The van der Waals surface area contributed by atoms with Crippen LogP contribution in [0.15, 0.2) is 65.1 Å². The molecule has 2 radical (unpaired) electrons. The minimum atomic E-state index is -0.550. The van der Waals surface area contributed by atoms with Gasteiger partial charge in [0.1, 0.15) is 13.6 Å². The van der Waals surface area contributed by atoms with E-state index in [-0.39, 0.29) is 0 Å². The lowest BCUT2D eigenvalue weighted by Crippen LogP contribution is -2.32. The van der Waals surface area contributed by atoms with Crippen molar-refractivity contribution in [2.24, 2.45) is 0 Å². The molecule has 146 valence electrons. The minimum absolute atomic E-state index is 0.486. The Morgan fingerprint density at radius 2 is 1.79 bits per heavy atom. The van der Waals surface area contributed by atoms with Crippen LogP contribution >= 0.6 is 15.9 Å². The smallest absolute Gasteiger partial charge is 0.120 e. The molecule has 1 heterocycles. The van der Waals surface area contributed by atoms with E-state index < -0.39 is 6.10 Å². The van der Waals surface area contributed by atoms with Gasteiger partial charge in [-0.2, -0.15) is 0 Å². The van der Waals surface area contributed by atoms with E-state index in [2.05, 4.69) is 32.6 Å². The quantitative estimate of drug-likeness (QED) is 0.455. The van der Waals surface area contributed by atoms with E-state index in [1.807, 2.05) is 60.5 Å². The van der Waals surface area contributed by atoms with E-state index in [9.17, 15) is 5.11 Å². The molecular weight excluding hydrogens is 427 g/mol. The number of methoxy groups -OCH3 is 1. The van der Waals surface area contributed by atoms with Crippen molar-refractivity contribution in [3.8, 4) is 5.75 Å². The van der Waals surface area contributed by atoms with Crippen LogP contribution in [0.5, 0.6) is 5.75 Å². The largest absolute Gasteiger partial charge is 0.497 e. The molecule has 0 saturated carbocycles. The summed E-state index contributed by atoms with van der Waals surface area (Å²) in [7, 11) is 9.66. The van der Waals surface area contributed by atoms with Crippen LogP contribution in [0.4, 0.5) is 5.69 Å². The van der Waals surface area contributed by atoms with Gasteiger partial charge in [0.2, 0.25) is 0 Å². The summed E-state index contributed by atoms with van der Waals surface area (Å²) in [6.45, 7) is 0.986. The third-order valence-electron chi connectivity index (χ3n) is 5.22. The lowest BCUT2D eigenvalue weighted by molar-refractivity contribution is 0.163. The number of anilines is 1. The summed E-state index contributed by atoms with van der Waals surface area (Å²) >= 11 is 3.56. The number of rotatable bonds is 6. The first-order valence-corrected chi connectivity index (χ1v) is 10.3. The summed E-state index contributed by atoms with van der Waals surface area (Å²) in [6, 6.07) is 20.0. The number of aromatic nitrogens is 1. The average molecular weight is 449 g/mol.